The number of pyridine rings is 1. The largest absolute Gasteiger partial charge is 0.488 e. The molecular weight excluding hydrogens is 577 g/mol. The molecule has 0 saturated carbocycles. The zero-order valence-corrected chi connectivity index (χ0v) is 24.2. The van der Waals surface area contributed by atoms with Crippen molar-refractivity contribution < 1.29 is 37.3 Å². The predicted octanol–water partition coefficient (Wildman–Crippen LogP) is 5.69. The molecule has 0 radical (unpaired) electrons. The van der Waals surface area contributed by atoms with Crippen LogP contribution >= 0.6 is 0 Å². The van der Waals surface area contributed by atoms with Gasteiger partial charge >= 0.3 is 12.1 Å². The van der Waals surface area contributed by atoms with Crippen molar-refractivity contribution in [2.45, 2.75) is 45.1 Å². The van der Waals surface area contributed by atoms with Crippen molar-refractivity contribution in [3.63, 3.8) is 0 Å². The number of para-hydroxylation sites is 1. The number of alkyl halides is 3. The number of benzene rings is 2. The summed E-state index contributed by atoms with van der Waals surface area (Å²) in [6.45, 7) is 5.20. The van der Waals surface area contributed by atoms with Gasteiger partial charge in [0.2, 0.25) is 5.88 Å². The van der Waals surface area contributed by atoms with Crippen LogP contribution in [0.5, 0.6) is 11.6 Å². The van der Waals surface area contributed by atoms with Crippen molar-refractivity contribution in [3.05, 3.63) is 88.1 Å². The van der Waals surface area contributed by atoms with E-state index in [0.717, 1.165) is 62.5 Å². The highest BCUT2D eigenvalue weighted by Crippen LogP contribution is 2.42. The maximum Gasteiger partial charge on any atom is 0.419 e. The Morgan fingerprint density at radius 3 is 2.70 bits per heavy atom. The molecule has 2 aromatic heterocycles. The van der Waals surface area contributed by atoms with Crippen LogP contribution in [0.3, 0.4) is 0 Å². The van der Waals surface area contributed by atoms with Gasteiger partial charge < -0.3 is 19.3 Å². The van der Waals surface area contributed by atoms with Crippen LogP contribution < -0.4 is 9.47 Å². The Morgan fingerprint density at radius 2 is 1.98 bits per heavy atom. The van der Waals surface area contributed by atoms with E-state index in [0.29, 0.717) is 6.04 Å². The van der Waals surface area contributed by atoms with E-state index in [-0.39, 0.29) is 40.9 Å². The maximum absolute atomic E-state index is 14.3. The highest BCUT2D eigenvalue weighted by atomic mass is 19.4. The summed E-state index contributed by atoms with van der Waals surface area (Å²) in [6, 6.07) is 12.9. The fourth-order valence-electron chi connectivity index (χ4n) is 5.99. The summed E-state index contributed by atoms with van der Waals surface area (Å²) >= 11 is 0. The van der Waals surface area contributed by atoms with Gasteiger partial charge in [0.05, 0.1) is 31.2 Å². The molecule has 12 heteroatoms. The quantitative estimate of drug-likeness (QED) is 0.272. The first-order valence-electron chi connectivity index (χ1n) is 14.2. The van der Waals surface area contributed by atoms with Crippen molar-refractivity contribution in [2.24, 2.45) is 0 Å². The van der Waals surface area contributed by atoms with Gasteiger partial charge in [-0.25, -0.2) is 9.78 Å². The van der Waals surface area contributed by atoms with Gasteiger partial charge in [-0.05, 0) is 66.3 Å². The van der Waals surface area contributed by atoms with E-state index in [1.165, 1.54) is 35.1 Å². The van der Waals surface area contributed by atoms with Crippen LogP contribution in [0.4, 0.5) is 13.2 Å². The van der Waals surface area contributed by atoms with E-state index in [2.05, 4.69) is 15.0 Å². The zero-order valence-electron chi connectivity index (χ0n) is 24.2. The Morgan fingerprint density at radius 1 is 1.16 bits per heavy atom. The Balaban J connectivity index is 1.32. The van der Waals surface area contributed by atoms with Crippen molar-refractivity contribution in [3.8, 4) is 28.7 Å². The number of methoxy groups -OCH3 is 1. The van der Waals surface area contributed by atoms with Crippen molar-refractivity contribution in [2.75, 3.05) is 26.9 Å². The molecule has 0 bridgehead atoms. The average molecular weight is 609 g/mol. The van der Waals surface area contributed by atoms with Gasteiger partial charge in [-0.2, -0.15) is 23.0 Å². The molecule has 1 fully saturated rings. The molecule has 0 amide bonds. The summed E-state index contributed by atoms with van der Waals surface area (Å²) < 4.78 is 60.8. The highest BCUT2D eigenvalue weighted by molar-refractivity contribution is 5.90. The van der Waals surface area contributed by atoms with Gasteiger partial charge in [0.1, 0.15) is 17.9 Å². The average Bonchev–Trinajstić information content (AvgIpc) is 3.71. The lowest BCUT2D eigenvalue weighted by Crippen LogP contribution is -2.39. The molecule has 1 N–H and O–H groups in total. The number of fused-ring (bicyclic) bond motifs is 1. The number of hydrogen-bond donors (Lipinski definition) is 1. The standard InChI is InChI=1S/C32H31F3N4O5/c1-19-21(10-9-20-16-38(13-11-23(19)20)22-12-14-43-18-22)17-44-29-24(5-3-6-26(29)32(33,34)35)27-7-4-8-28(37-27)39-30(42-2)25(15-36-39)31(40)41/h3-10,15,22H,11-14,16-18H2,1-2H3,(H,40,41)/t22-/m1/s1. The lowest BCUT2D eigenvalue weighted by atomic mass is 9.91. The summed E-state index contributed by atoms with van der Waals surface area (Å²) in [7, 11) is 1.30. The van der Waals surface area contributed by atoms with Gasteiger partial charge in [-0.3, -0.25) is 4.90 Å². The number of rotatable bonds is 8. The van der Waals surface area contributed by atoms with Gasteiger partial charge in [0.25, 0.3) is 0 Å². The fraction of sp³-hybridized carbons (Fsp3) is 0.344. The summed E-state index contributed by atoms with van der Waals surface area (Å²) in [6.07, 6.45) is -1.68. The second-order valence-electron chi connectivity index (χ2n) is 10.9. The van der Waals surface area contributed by atoms with E-state index >= 15 is 0 Å². The van der Waals surface area contributed by atoms with Gasteiger partial charge in [0.15, 0.2) is 5.82 Å². The van der Waals surface area contributed by atoms with Crippen molar-refractivity contribution >= 4 is 5.97 Å². The van der Waals surface area contributed by atoms with Crippen LogP contribution in [0.1, 0.15) is 44.6 Å². The summed E-state index contributed by atoms with van der Waals surface area (Å²) in [5, 5.41) is 13.5. The number of carboxylic acid groups (broad SMARTS) is 1. The molecule has 0 aliphatic carbocycles. The topological polar surface area (TPSA) is 98.9 Å². The first-order valence-corrected chi connectivity index (χ1v) is 14.2. The molecule has 2 aromatic carbocycles. The summed E-state index contributed by atoms with van der Waals surface area (Å²) in [5.41, 5.74) is 3.51. The molecule has 4 aromatic rings. The highest BCUT2D eigenvalue weighted by Gasteiger charge is 2.36. The minimum absolute atomic E-state index is 0.0615. The van der Waals surface area contributed by atoms with E-state index in [1.807, 2.05) is 19.1 Å². The number of halogens is 3. The minimum atomic E-state index is -4.68. The van der Waals surface area contributed by atoms with E-state index < -0.39 is 17.7 Å². The van der Waals surface area contributed by atoms with Gasteiger partial charge in [-0.15, -0.1) is 0 Å². The number of hydrogen-bond acceptors (Lipinski definition) is 7. The summed E-state index contributed by atoms with van der Waals surface area (Å²) in [5.74, 6) is -1.48. The predicted molar refractivity (Wildman–Crippen MR) is 154 cm³/mol. The van der Waals surface area contributed by atoms with Crippen LogP contribution in [-0.4, -0.2) is 63.7 Å². The van der Waals surface area contributed by atoms with Gasteiger partial charge in [-0.1, -0.05) is 24.3 Å². The van der Waals surface area contributed by atoms with Crippen molar-refractivity contribution in [1.29, 1.82) is 0 Å². The first-order chi connectivity index (χ1) is 21.2. The molecule has 0 spiro atoms. The number of aromatic carboxylic acids is 1. The molecule has 9 nitrogen and oxygen atoms in total. The van der Waals surface area contributed by atoms with Crippen LogP contribution in [0.2, 0.25) is 0 Å². The van der Waals surface area contributed by atoms with Crippen LogP contribution in [-0.2, 0) is 30.5 Å². The Kier molecular flexibility index (Phi) is 8.04. The molecule has 230 valence electrons. The molecule has 1 atom stereocenters. The van der Waals surface area contributed by atoms with Crippen LogP contribution in [0.25, 0.3) is 17.1 Å². The molecule has 2 aliphatic heterocycles. The van der Waals surface area contributed by atoms with Crippen LogP contribution in [0, 0.1) is 6.92 Å². The summed E-state index contributed by atoms with van der Waals surface area (Å²) in [4.78, 5) is 18.5. The Labute approximate surface area is 251 Å². The van der Waals surface area contributed by atoms with E-state index in [4.69, 9.17) is 14.2 Å². The molecule has 2 aliphatic rings. The first kappa shape index (κ1) is 29.6. The number of ether oxygens (including phenoxy) is 3. The maximum atomic E-state index is 14.3. The number of carbonyl (C=O) groups is 1. The normalized spacial score (nSPS) is 17.0. The third-order valence-electron chi connectivity index (χ3n) is 8.32. The second kappa shape index (κ2) is 11.9. The third-order valence-corrected chi connectivity index (χ3v) is 8.32. The Hall–Kier alpha value is -4.42. The van der Waals surface area contributed by atoms with Gasteiger partial charge in [0, 0.05) is 31.3 Å². The molecule has 4 heterocycles. The SMILES string of the molecule is COc1c(C(=O)O)cnn1-c1cccc(-c2cccc(C(F)(F)F)c2OCc2ccc3c(c2C)CCN([C@@H]2CCOC2)C3)n1. The molecular formula is C32H31F3N4O5. The lowest BCUT2D eigenvalue weighted by molar-refractivity contribution is -0.139. The smallest absolute Gasteiger partial charge is 0.419 e. The number of carboxylic acids is 1. The van der Waals surface area contributed by atoms with E-state index in [9.17, 15) is 23.1 Å². The Bertz CT molecular complexity index is 1700. The number of nitrogens with zero attached hydrogens (tertiary/aromatic N) is 4. The minimum Gasteiger partial charge on any atom is -0.488 e. The fourth-order valence-corrected chi connectivity index (χ4v) is 5.99. The number of aromatic nitrogens is 3. The zero-order chi connectivity index (χ0) is 31.0. The molecule has 6 rings (SSSR count). The molecule has 44 heavy (non-hydrogen) atoms. The van der Waals surface area contributed by atoms with E-state index in [1.54, 1.807) is 18.2 Å². The second-order valence-corrected chi connectivity index (χ2v) is 10.9. The third kappa shape index (κ3) is 5.62. The lowest BCUT2D eigenvalue weighted by Gasteiger charge is -2.34. The van der Waals surface area contributed by atoms with Crippen molar-refractivity contribution in [1.82, 2.24) is 19.7 Å². The van der Waals surface area contributed by atoms with Crippen LogP contribution in [0.15, 0.2) is 54.7 Å². The molecule has 1 saturated heterocycles. The molecule has 0 unspecified atom stereocenters. The monoisotopic (exact) mass is 608 g/mol.